The number of allylic oxidation sites excluding steroid dienone is 1. The summed E-state index contributed by atoms with van der Waals surface area (Å²) in [4.78, 5) is 24.9. The number of ketones is 1. The van der Waals surface area contributed by atoms with Crippen LogP contribution in [0.4, 0.5) is 0 Å². The van der Waals surface area contributed by atoms with Crippen LogP contribution >= 0.6 is 0 Å². The van der Waals surface area contributed by atoms with Crippen molar-refractivity contribution in [1.29, 1.82) is 0 Å². The number of methoxy groups -OCH3 is 1. The lowest BCUT2D eigenvalue weighted by atomic mass is 10.1. The predicted molar refractivity (Wildman–Crippen MR) is 97.4 cm³/mol. The van der Waals surface area contributed by atoms with E-state index in [0.29, 0.717) is 5.75 Å². The van der Waals surface area contributed by atoms with Crippen molar-refractivity contribution in [3.05, 3.63) is 65.4 Å². The summed E-state index contributed by atoms with van der Waals surface area (Å²) >= 11 is 0. The largest absolute Gasteiger partial charge is 0.496 e. The van der Waals surface area contributed by atoms with Crippen molar-refractivity contribution in [3.63, 3.8) is 0 Å². The Hall–Kier alpha value is -3.13. The Labute approximate surface area is 156 Å². The van der Waals surface area contributed by atoms with Crippen LogP contribution in [0.25, 0.3) is 5.76 Å². The second-order valence-electron chi connectivity index (χ2n) is 5.79. The average Bonchev–Trinajstić information content (AvgIpc) is 2.66. The second kappa shape index (κ2) is 6.88. The second-order valence-corrected chi connectivity index (χ2v) is 7.73. The maximum absolute atomic E-state index is 12.7. The lowest BCUT2D eigenvalue weighted by Crippen LogP contribution is -2.35. The van der Waals surface area contributed by atoms with Gasteiger partial charge in [-0.3, -0.25) is 9.10 Å². The molecule has 0 aliphatic carbocycles. The van der Waals surface area contributed by atoms with Crippen LogP contribution in [-0.2, 0) is 19.6 Å². The molecule has 1 heterocycles. The highest BCUT2D eigenvalue weighted by molar-refractivity contribution is 7.89. The van der Waals surface area contributed by atoms with Crippen LogP contribution < -0.4 is 4.74 Å². The van der Waals surface area contributed by atoms with Crippen molar-refractivity contribution < 1.29 is 27.5 Å². The predicted octanol–water partition coefficient (Wildman–Crippen LogP) is 2.44. The molecule has 8 heteroatoms. The molecule has 0 radical (unpaired) electrons. The van der Waals surface area contributed by atoms with Crippen LogP contribution in [0.5, 0.6) is 5.75 Å². The monoisotopic (exact) mass is 387 g/mol. The number of carbonyl (C=O) groups excluding carboxylic acids is 2. The molecule has 0 aromatic heterocycles. The van der Waals surface area contributed by atoms with Crippen molar-refractivity contribution >= 4 is 27.5 Å². The van der Waals surface area contributed by atoms with Gasteiger partial charge in [-0.15, -0.1) is 0 Å². The molecule has 0 amide bonds. The summed E-state index contributed by atoms with van der Waals surface area (Å²) in [6.07, 6.45) is 0. The zero-order chi connectivity index (χ0) is 19.8. The first-order chi connectivity index (χ1) is 12.8. The van der Waals surface area contributed by atoms with Crippen LogP contribution in [0.2, 0.25) is 0 Å². The van der Waals surface area contributed by atoms with Crippen molar-refractivity contribution in [3.8, 4) is 5.75 Å². The Balaban J connectivity index is 2.18. The van der Waals surface area contributed by atoms with E-state index in [-0.39, 0.29) is 27.5 Å². The molecule has 0 spiro atoms. The number of Topliss-reactive ketones (excluding diaryl/α,β-unsaturated/α-hetero) is 1. The number of nitrogens with zero attached hydrogens (tertiary/aromatic N) is 1. The van der Waals surface area contributed by atoms with Crippen molar-refractivity contribution in [2.75, 3.05) is 14.2 Å². The molecule has 2 aromatic carbocycles. The zero-order valence-corrected chi connectivity index (χ0v) is 15.7. The topological polar surface area (TPSA) is 90.0 Å². The molecule has 0 fully saturated rings. The molecular weight excluding hydrogens is 370 g/mol. The molecule has 3 rings (SSSR count). The fourth-order valence-corrected chi connectivity index (χ4v) is 4.30. The minimum atomic E-state index is -3.92. The van der Waals surface area contributed by atoms with Crippen molar-refractivity contribution in [1.82, 2.24) is 4.31 Å². The molecule has 1 aliphatic heterocycles. The van der Waals surface area contributed by atoms with Gasteiger partial charge in [0.1, 0.15) is 17.0 Å². The molecule has 0 atom stereocenters. The Kier molecular flexibility index (Phi) is 4.75. The number of rotatable bonds is 4. The maximum atomic E-state index is 12.7. The quantitative estimate of drug-likeness (QED) is 0.749. The Bertz CT molecular complexity index is 1070. The third-order valence-electron chi connectivity index (χ3n) is 4.16. The van der Waals surface area contributed by atoms with E-state index in [0.717, 1.165) is 4.31 Å². The number of likely N-dealkylation sites (N-methyl/N-ethyl adjacent to an activating group) is 1. The number of esters is 1. The fourth-order valence-electron chi connectivity index (χ4n) is 2.86. The lowest BCUT2D eigenvalue weighted by molar-refractivity contribution is -0.114. The molecule has 7 nitrogen and oxygen atoms in total. The third-order valence-corrected chi connectivity index (χ3v) is 5.97. The summed E-state index contributed by atoms with van der Waals surface area (Å²) in [6.45, 7) is 1.21. The summed E-state index contributed by atoms with van der Waals surface area (Å²) in [6, 6.07) is 12.5. The first-order valence-electron chi connectivity index (χ1n) is 7.97. The van der Waals surface area contributed by atoms with Crippen LogP contribution in [0, 0.1) is 0 Å². The molecule has 1 aliphatic rings. The van der Waals surface area contributed by atoms with Crippen molar-refractivity contribution in [2.45, 2.75) is 11.8 Å². The Morgan fingerprint density at radius 1 is 1.00 bits per heavy atom. The molecule has 0 bridgehead atoms. The number of sulfonamides is 1. The summed E-state index contributed by atoms with van der Waals surface area (Å²) in [5, 5.41) is 0. The van der Waals surface area contributed by atoms with Gasteiger partial charge in [0.15, 0.2) is 11.5 Å². The third kappa shape index (κ3) is 3.08. The number of hydrogen-bond acceptors (Lipinski definition) is 6. The Morgan fingerprint density at radius 3 is 2.30 bits per heavy atom. The smallest absolute Gasteiger partial charge is 0.347 e. The lowest BCUT2D eigenvalue weighted by Gasteiger charge is -2.29. The minimum Gasteiger partial charge on any atom is -0.496 e. The van der Waals surface area contributed by atoms with Gasteiger partial charge in [-0.2, -0.15) is 0 Å². The summed E-state index contributed by atoms with van der Waals surface area (Å²) in [5.74, 6) is -1.11. The van der Waals surface area contributed by atoms with E-state index in [1.165, 1.54) is 39.3 Å². The molecule has 0 unspecified atom stereocenters. The number of hydrogen-bond donors (Lipinski definition) is 0. The highest BCUT2D eigenvalue weighted by Gasteiger charge is 2.38. The fraction of sp³-hybridized carbons (Fsp3) is 0.158. The van der Waals surface area contributed by atoms with Gasteiger partial charge >= 0.3 is 5.97 Å². The number of benzene rings is 2. The highest BCUT2D eigenvalue weighted by Crippen LogP contribution is 2.37. The molecule has 27 heavy (non-hydrogen) atoms. The normalized spacial score (nSPS) is 15.1. The number of carbonyl (C=O) groups is 2. The van der Waals surface area contributed by atoms with E-state index >= 15 is 0 Å². The van der Waals surface area contributed by atoms with E-state index in [2.05, 4.69) is 0 Å². The minimum absolute atomic E-state index is 0.0414. The van der Waals surface area contributed by atoms with Gasteiger partial charge < -0.3 is 9.47 Å². The van der Waals surface area contributed by atoms with Crippen LogP contribution in [0.1, 0.15) is 22.8 Å². The number of para-hydroxylation sites is 1. The molecule has 140 valence electrons. The van der Waals surface area contributed by atoms with E-state index in [4.69, 9.17) is 9.47 Å². The van der Waals surface area contributed by atoms with Crippen LogP contribution in [0.15, 0.2) is 59.1 Å². The van der Waals surface area contributed by atoms with Crippen molar-refractivity contribution in [2.24, 2.45) is 0 Å². The number of ether oxygens (including phenoxy) is 2. The standard InChI is InChI=1S/C19H17NO6S/c1-12(21)17-18(26-19(22)13-8-4-6-10-15(13)25-3)14-9-5-7-11-16(14)27(23,24)20(17)2/h4-11H,1-3H3. The van der Waals surface area contributed by atoms with Crippen LogP contribution in [0.3, 0.4) is 0 Å². The van der Waals surface area contributed by atoms with E-state index in [9.17, 15) is 18.0 Å². The molecule has 2 aromatic rings. The first kappa shape index (κ1) is 18.7. The van der Waals surface area contributed by atoms with Gasteiger partial charge in [-0.1, -0.05) is 24.3 Å². The van der Waals surface area contributed by atoms with Gasteiger partial charge in [-0.25, -0.2) is 13.2 Å². The van der Waals surface area contributed by atoms with Gasteiger partial charge in [0.25, 0.3) is 10.0 Å². The van der Waals surface area contributed by atoms with E-state index < -0.39 is 21.8 Å². The molecule has 0 N–H and O–H groups in total. The van der Waals surface area contributed by atoms with E-state index in [1.807, 2.05) is 0 Å². The van der Waals surface area contributed by atoms with Crippen LogP contribution in [-0.4, -0.2) is 38.6 Å². The maximum Gasteiger partial charge on any atom is 0.347 e. The SMILES string of the molecule is COc1ccccc1C(=O)OC1=C(C(C)=O)N(C)S(=O)(=O)c2ccccc21. The van der Waals surface area contributed by atoms with Gasteiger partial charge in [0.05, 0.1) is 12.0 Å². The Morgan fingerprint density at radius 2 is 1.63 bits per heavy atom. The average molecular weight is 387 g/mol. The van der Waals surface area contributed by atoms with E-state index in [1.54, 1.807) is 30.3 Å². The van der Waals surface area contributed by atoms with Gasteiger partial charge in [-0.05, 0) is 24.3 Å². The first-order valence-corrected chi connectivity index (χ1v) is 9.41. The molecular formula is C19H17NO6S. The number of fused-ring (bicyclic) bond motifs is 1. The highest BCUT2D eigenvalue weighted by atomic mass is 32.2. The molecule has 0 saturated carbocycles. The van der Waals surface area contributed by atoms with Gasteiger partial charge in [0, 0.05) is 19.5 Å². The summed E-state index contributed by atoms with van der Waals surface area (Å²) in [7, 11) is -1.25. The molecule has 0 saturated heterocycles. The summed E-state index contributed by atoms with van der Waals surface area (Å²) < 4.78 is 36.9. The zero-order valence-electron chi connectivity index (χ0n) is 14.9. The summed E-state index contributed by atoms with van der Waals surface area (Å²) in [5.41, 5.74) is 0.102. The van der Waals surface area contributed by atoms with Gasteiger partial charge in [0.2, 0.25) is 0 Å².